The molecular formula is C18H21N3O2. The minimum absolute atomic E-state index is 0.177. The first kappa shape index (κ1) is 15.5. The molecule has 0 aromatic carbocycles. The van der Waals surface area contributed by atoms with Crippen molar-refractivity contribution in [2.45, 2.75) is 45.3 Å². The van der Waals surface area contributed by atoms with Crippen molar-refractivity contribution in [1.29, 1.82) is 0 Å². The molecule has 0 spiro atoms. The van der Waals surface area contributed by atoms with Crippen LogP contribution in [0.2, 0.25) is 0 Å². The molecule has 0 saturated heterocycles. The van der Waals surface area contributed by atoms with Crippen molar-refractivity contribution in [3.05, 3.63) is 53.5 Å². The van der Waals surface area contributed by atoms with Crippen molar-refractivity contribution < 1.29 is 9.53 Å². The van der Waals surface area contributed by atoms with Crippen LogP contribution in [-0.2, 0) is 6.54 Å². The molecule has 0 bridgehead atoms. The van der Waals surface area contributed by atoms with Crippen molar-refractivity contribution in [2.75, 3.05) is 0 Å². The lowest BCUT2D eigenvalue weighted by atomic mass is 10.2. The quantitative estimate of drug-likeness (QED) is 0.922. The Kier molecular flexibility index (Phi) is 4.86. The van der Waals surface area contributed by atoms with E-state index in [0.717, 1.165) is 24.1 Å². The van der Waals surface area contributed by atoms with Crippen LogP contribution in [0.4, 0.5) is 0 Å². The highest BCUT2D eigenvalue weighted by molar-refractivity contribution is 5.92. The lowest BCUT2D eigenvalue weighted by Crippen LogP contribution is -2.24. The van der Waals surface area contributed by atoms with Crippen LogP contribution in [0.1, 0.15) is 47.4 Å². The van der Waals surface area contributed by atoms with Gasteiger partial charge in [-0.3, -0.25) is 4.79 Å². The number of nitrogens with zero attached hydrogens (tertiary/aromatic N) is 2. The van der Waals surface area contributed by atoms with Crippen LogP contribution < -0.4 is 10.1 Å². The van der Waals surface area contributed by atoms with Crippen molar-refractivity contribution >= 4 is 5.91 Å². The number of pyridine rings is 2. The Morgan fingerprint density at radius 3 is 2.91 bits per heavy atom. The molecule has 0 unspecified atom stereocenters. The molecule has 2 heterocycles. The van der Waals surface area contributed by atoms with E-state index in [1.54, 1.807) is 12.3 Å². The van der Waals surface area contributed by atoms with Gasteiger partial charge in [0.25, 0.3) is 5.91 Å². The zero-order valence-electron chi connectivity index (χ0n) is 13.3. The van der Waals surface area contributed by atoms with Crippen molar-refractivity contribution in [1.82, 2.24) is 15.3 Å². The van der Waals surface area contributed by atoms with Gasteiger partial charge in [-0.15, -0.1) is 0 Å². The number of carbonyl (C=O) groups excluding carboxylic acids is 1. The van der Waals surface area contributed by atoms with Crippen molar-refractivity contribution in [2.24, 2.45) is 0 Å². The molecule has 1 amide bonds. The zero-order chi connectivity index (χ0) is 16.1. The number of carbonyl (C=O) groups is 1. The Morgan fingerprint density at radius 1 is 1.30 bits per heavy atom. The van der Waals surface area contributed by atoms with E-state index in [1.165, 1.54) is 12.8 Å². The summed E-state index contributed by atoms with van der Waals surface area (Å²) >= 11 is 0. The number of hydrogen-bond donors (Lipinski definition) is 1. The van der Waals surface area contributed by atoms with E-state index in [-0.39, 0.29) is 12.0 Å². The summed E-state index contributed by atoms with van der Waals surface area (Å²) in [6.45, 7) is 2.30. The van der Waals surface area contributed by atoms with Crippen LogP contribution in [-0.4, -0.2) is 22.0 Å². The number of ether oxygens (including phenoxy) is 1. The largest absolute Gasteiger partial charge is 0.474 e. The van der Waals surface area contributed by atoms with Crippen LogP contribution in [0.15, 0.2) is 36.5 Å². The van der Waals surface area contributed by atoms with Crippen molar-refractivity contribution in [3.63, 3.8) is 0 Å². The average molecular weight is 311 g/mol. The monoisotopic (exact) mass is 311 g/mol. The molecule has 5 nitrogen and oxygen atoms in total. The van der Waals surface area contributed by atoms with Gasteiger partial charge in [0.1, 0.15) is 11.8 Å². The van der Waals surface area contributed by atoms with E-state index in [9.17, 15) is 4.79 Å². The Morgan fingerprint density at radius 2 is 2.13 bits per heavy atom. The first-order chi connectivity index (χ1) is 11.2. The highest BCUT2D eigenvalue weighted by atomic mass is 16.5. The Bertz CT molecular complexity index is 681. The topological polar surface area (TPSA) is 64.1 Å². The third-order valence-corrected chi connectivity index (χ3v) is 3.96. The van der Waals surface area contributed by atoms with Gasteiger partial charge in [0.15, 0.2) is 0 Å². The number of amides is 1. The van der Waals surface area contributed by atoms with Crippen LogP contribution in [0, 0.1) is 6.92 Å². The zero-order valence-corrected chi connectivity index (χ0v) is 13.3. The molecular weight excluding hydrogens is 290 g/mol. The molecule has 0 aliphatic heterocycles. The lowest BCUT2D eigenvalue weighted by molar-refractivity contribution is 0.0945. The SMILES string of the molecule is Cc1cccc(C(=O)NCc2ccnc(OC3CCCC3)c2)n1. The fraction of sp³-hybridized carbons (Fsp3) is 0.389. The predicted molar refractivity (Wildman–Crippen MR) is 87.3 cm³/mol. The fourth-order valence-corrected chi connectivity index (χ4v) is 2.74. The first-order valence-electron chi connectivity index (χ1n) is 8.04. The smallest absolute Gasteiger partial charge is 0.270 e. The summed E-state index contributed by atoms with van der Waals surface area (Å²) in [7, 11) is 0. The summed E-state index contributed by atoms with van der Waals surface area (Å²) in [5.74, 6) is 0.459. The van der Waals surface area contributed by atoms with Gasteiger partial charge in [-0.2, -0.15) is 0 Å². The molecule has 2 aromatic rings. The molecule has 1 N–H and O–H groups in total. The van der Waals surface area contributed by atoms with Crippen LogP contribution in [0.3, 0.4) is 0 Å². The number of aromatic nitrogens is 2. The molecule has 1 saturated carbocycles. The number of rotatable bonds is 5. The molecule has 0 atom stereocenters. The van der Waals surface area contributed by atoms with E-state index in [0.29, 0.717) is 18.1 Å². The molecule has 3 rings (SSSR count). The second-order valence-corrected chi connectivity index (χ2v) is 5.87. The maximum absolute atomic E-state index is 12.1. The Hall–Kier alpha value is -2.43. The minimum Gasteiger partial charge on any atom is -0.474 e. The number of hydrogen-bond acceptors (Lipinski definition) is 4. The number of nitrogens with one attached hydrogen (secondary N) is 1. The fourth-order valence-electron chi connectivity index (χ4n) is 2.74. The van der Waals surface area contributed by atoms with E-state index in [2.05, 4.69) is 15.3 Å². The normalized spacial score (nSPS) is 14.7. The van der Waals surface area contributed by atoms with E-state index in [4.69, 9.17) is 4.74 Å². The molecule has 1 aliphatic rings. The summed E-state index contributed by atoms with van der Waals surface area (Å²) in [4.78, 5) is 20.6. The van der Waals surface area contributed by atoms with Gasteiger partial charge in [-0.05, 0) is 56.4 Å². The van der Waals surface area contributed by atoms with Gasteiger partial charge < -0.3 is 10.1 Å². The van der Waals surface area contributed by atoms with E-state index >= 15 is 0 Å². The van der Waals surface area contributed by atoms with Gasteiger partial charge >= 0.3 is 0 Å². The standard InChI is InChI=1S/C18H21N3O2/c1-13-5-4-8-16(21-13)18(22)20-12-14-9-10-19-17(11-14)23-15-6-2-3-7-15/h4-5,8-11,15H,2-3,6-7,12H2,1H3,(H,20,22). The average Bonchev–Trinajstić information content (AvgIpc) is 3.06. The highest BCUT2D eigenvalue weighted by Gasteiger charge is 2.17. The Labute approximate surface area is 136 Å². The van der Waals surface area contributed by atoms with E-state index in [1.807, 2.05) is 31.2 Å². The lowest BCUT2D eigenvalue weighted by Gasteiger charge is -2.13. The number of aryl methyl sites for hydroxylation is 1. The predicted octanol–water partition coefficient (Wildman–Crippen LogP) is 3.04. The van der Waals surface area contributed by atoms with Gasteiger partial charge in [-0.25, -0.2) is 9.97 Å². The molecule has 23 heavy (non-hydrogen) atoms. The maximum Gasteiger partial charge on any atom is 0.270 e. The van der Waals surface area contributed by atoms with Crippen LogP contribution in [0.5, 0.6) is 5.88 Å². The Balaban J connectivity index is 1.58. The summed E-state index contributed by atoms with van der Waals surface area (Å²) < 4.78 is 5.89. The van der Waals surface area contributed by atoms with Crippen molar-refractivity contribution in [3.8, 4) is 5.88 Å². The molecule has 120 valence electrons. The molecule has 0 radical (unpaired) electrons. The van der Waals surface area contributed by atoms with Gasteiger partial charge in [-0.1, -0.05) is 6.07 Å². The van der Waals surface area contributed by atoms with Gasteiger partial charge in [0.05, 0.1) is 0 Å². The second-order valence-electron chi connectivity index (χ2n) is 5.87. The third-order valence-electron chi connectivity index (χ3n) is 3.96. The van der Waals surface area contributed by atoms with Gasteiger partial charge in [0, 0.05) is 24.5 Å². The van der Waals surface area contributed by atoms with Gasteiger partial charge in [0.2, 0.25) is 5.88 Å². The molecule has 5 heteroatoms. The highest BCUT2D eigenvalue weighted by Crippen LogP contribution is 2.23. The second kappa shape index (κ2) is 7.22. The van der Waals surface area contributed by atoms with Crippen LogP contribution >= 0.6 is 0 Å². The molecule has 1 fully saturated rings. The maximum atomic E-state index is 12.1. The summed E-state index contributed by atoms with van der Waals surface area (Å²) in [5.41, 5.74) is 2.23. The summed E-state index contributed by atoms with van der Waals surface area (Å²) in [6, 6.07) is 9.18. The summed E-state index contributed by atoms with van der Waals surface area (Å²) in [6.07, 6.45) is 6.65. The summed E-state index contributed by atoms with van der Waals surface area (Å²) in [5, 5.41) is 2.88. The first-order valence-corrected chi connectivity index (χ1v) is 8.04. The molecule has 2 aromatic heterocycles. The van der Waals surface area contributed by atoms with E-state index < -0.39 is 0 Å². The third kappa shape index (κ3) is 4.28. The molecule has 1 aliphatic carbocycles. The van der Waals surface area contributed by atoms with Crippen LogP contribution in [0.25, 0.3) is 0 Å². The minimum atomic E-state index is -0.177.